The molecule has 0 radical (unpaired) electrons. The van der Waals surface area contributed by atoms with Crippen molar-refractivity contribution in [1.82, 2.24) is 5.32 Å². The van der Waals surface area contributed by atoms with Crippen LogP contribution in [0.2, 0.25) is 0 Å². The van der Waals surface area contributed by atoms with E-state index in [1.54, 1.807) is 18.4 Å². The Kier molecular flexibility index (Phi) is 5.77. The summed E-state index contributed by atoms with van der Waals surface area (Å²) in [5.74, 6) is 2.64. The minimum atomic E-state index is -0.0370. The topological polar surface area (TPSA) is 38.3 Å². The molecule has 3 aromatic rings. The molecule has 0 saturated heterocycles. The first kappa shape index (κ1) is 16.9. The van der Waals surface area contributed by atoms with Crippen LogP contribution in [0.1, 0.15) is 15.9 Å². The molecule has 0 atom stereocenters. The molecule has 0 aliphatic heterocycles. The molecule has 1 N–H and O–H groups in total. The monoisotopic (exact) mass is 357 g/mol. The van der Waals surface area contributed by atoms with Crippen LogP contribution in [0.15, 0.2) is 53.2 Å². The maximum absolute atomic E-state index is 12.5. The van der Waals surface area contributed by atoms with Gasteiger partial charge in [0.05, 0.1) is 7.11 Å². The predicted molar refractivity (Wildman–Crippen MR) is 103 cm³/mol. The van der Waals surface area contributed by atoms with Gasteiger partial charge in [-0.1, -0.05) is 24.3 Å². The highest BCUT2D eigenvalue weighted by Gasteiger charge is 2.12. The Morgan fingerprint density at radius 3 is 2.75 bits per heavy atom. The Bertz CT molecular complexity index is 815. The third-order valence-corrected chi connectivity index (χ3v) is 5.49. The molecule has 1 heterocycles. The van der Waals surface area contributed by atoms with Gasteiger partial charge in [0.1, 0.15) is 5.75 Å². The fourth-order valence-electron chi connectivity index (χ4n) is 2.54. The number of nitrogens with one attached hydrogen (secondary N) is 1. The summed E-state index contributed by atoms with van der Waals surface area (Å²) >= 11 is 3.55. The zero-order valence-corrected chi connectivity index (χ0v) is 15.1. The van der Waals surface area contributed by atoms with Crippen LogP contribution in [0.5, 0.6) is 5.75 Å². The van der Waals surface area contributed by atoms with Crippen molar-refractivity contribution in [2.45, 2.75) is 5.75 Å². The van der Waals surface area contributed by atoms with Gasteiger partial charge in [-0.15, -0.1) is 0 Å². The normalized spacial score (nSPS) is 10.7. The maximum atomic E-state index is 12.5. The van der Waals surface area contributed by atoms with Crippen LogP contribution in [0, 0.1) is 0 Å². The molecule has 1 amide bonds. The number of rotatable bonds is 7. The van der Waals surface area contributed by atoms with Gasteiger partial charge in [0.2, 0.25) is 0 Å². The van der Waals surface area contributed by atoms with Gasteiger partial charge in [0.15, 0.2) is 0 Å². The van der Waals surface area contributed by atoms with E-state index in [1.165, 1.54) is 5.56 Å². The molecule has 0 aliphatic carbocycles. The summed E-state index contributed by atoms with van der Waals surface area (Å²) in [6.45, 7) is 0.661. The van der Waals surface area contributed by atoms with Gasteiger partial charge < -0.3 is 10.1 Å². The molecule has 3 nitrogen and oxygen atoms in total. The molecule has 24 heavy (non-hydrogen) atoms. The van der Waals surface area contributed by atoms with E-state index in [1.807, 2.05) is 48.2 Å². The minimum absolute atomic E-state index is 0.0370. The number of carbonyl (C=O) groups is 1. The van der Waals surface area contributed by atoms with Gasteiger partial charge in [-0.25, -0.2) is 0 Å². The van der Waals surface area contributed by atoms with Gasteiger partial charge in [-0.05, 0) is 39.9 Å². The van der Waals surface area contributed by atoms with Gasteiger partial charge in [0.25, 0.3) is 5.91 Å². The Balaban J connectivity index is 1.60. The molecule has 0 saturated carbocycles. The van der Waals surface area contributed by atoms with Crippen molar-refractivity contribution in [2.75, 3.05) is 19.4 Å². The Morgan fingerprint density at radius 2 is 2.00 bits per heavy atom. The van der Waals surface area contributed by atoms with Crippen LogP contribution >= 0.6 is 23.1 Å². The van der Waals surface area contributed by atoms with Gasteiger partial charge in [0, 0.05) is 29.0 Å². The van der Waals surface area contributed by atoms with E-state index in [0.717, 1.165) is 28.0 Å². The third-order valence-electron chi connectivity index (χ3n) is 3.73. The molecular weight excluding hydrogens is 338 g/mol. The number of methoxy groups -OCH3 is 1. The summed E-state index contributed by atoms with van der Waals surface area (Å²) in [6, 6.07) is 13.6. The highest BCUT2D eigenvalue weighted by molar-refractivity contribution is 7.98. The summed E-state index contributed by atoms with van der Waals surface area (Å²) in [5.41, 5.74) is 2.03. The van der Waals surface area contributed by atoms with E-state index in [2.05, 4.69) is 22.1 Å². The lowest BCUT2D eigenvalue weighted by atomic mass is 10.0. The number of hydrogen-bond donors (Lipinski definition) is 1. The van der Waals surface area contributed by atoms with Crippen molar-refractivity contribution in [3.05, 3.63) is 64.4 Å². The molecule has 0 aliphatic rings. The van der Waals surface area contributed by atoms with Crippen LogP contribution < -0.4 is 10.1 Å². The predicted octanol–water partition coefficient (Wildman–Crippen LogP) is 4.57. The average Bonchev–Trinajstić information content (AvgIpc) is 3.13. The molecule has 0 unspecified atom stereocenters. The highest BCUT2D eigenvalue weighted by Crippen LogP contribution is 2.28. The molecule has 3 rings (SSSR count). The lowest BCUT2D eigenvalue weighted by Gasteiger charge is -2.11. The van der Waals surface area contributed by atoms with Crippen LogP contribution in [0.25, 0.3) is 10.8 Å². The first-order valence-electron chi connectivity index (χ1n) is 7.72. The third kappa shape index (κ3) is 3.91. The lowest BCUT2D eigenvalue weighted by Crippen LogP contribution is -2.26. The Hall–Kier alpha value is -1.98. The maximum Gasteiger partial charge on any atom is 0.251 e. The van der Waals surface area contributed by atoms with E-state index in [9.17, 15) is 4.79 Å². The fourth-order valence-corrected chi connectivity index (χ4v) is 4.12. The van der Waals surface area contributed by atoms with Crippen molar-refractivity contribution in [3.8, 4) is 5.75 Å². The van der Waals surface area contributed by atoms with Crippen molar-refractivity contribution < 1.29 is 9.53 Å². The van der Waals surface area contributed by atoms with Crippen molar-refractivity contribution >= 4 is 39.8 Å². The minimum Gasteiger partial charge on any atom is -0.496 e. The first-order valence-corrected chi connectivity index (χ1v) is 9.82. The van der Waals surface area contributed by atoms with Crippen molar-refractivity contribution in [3.63, 3.8) is 0 Å². The second-order valence-electron chi connectivity index (χ2n) is 5.30. The summed E-state index contributed by atoms with van der Waals surface area (Å²) in [6.07, 6.45) is 0. The zero-order chi connectivity index (χ0) is 16.8. The number of thioether (sulfide) groups is 1. The Morgan fingerprint density at radius 1 is 1.17 bits per heavy atom. The second kappa shape index (κ2) is 8.22. The fraction of sp³-hybridized carbons (Fsp3) is 0.211. The summed E-state index contributed by atoms with van der Waals surface area (Å²) in [4.78, 5) is 12.5. The van der Waals surface area contributed by atoms with E-state index < -0.39 is 0 Å². The molecule has 0 fully saturated rings. The number of amides is 1. The molecule has 2 aromatic carbocycles. The van der Waals surface area contributed by atoms with E-state index in [-0.39, 0.29) is 5.91 Å². The molecule has 124 valence electrons. The number of carbonyl (C=O) groups excluding carboxylic acids is 1. The Labute approximate surface area is 150 Å². The van der Waals surface area contributed by atoms with Crippen LogP contribution in [0.4, 0.5) is 0 Å². The number of hydrogen-bond acceptors (Lipinski definition) is 4. The van der Waals surface area contributed by atoms with Crippen LogP contribution in [-0.4, -0.2) is 25.3 Å². The average molecular weight is 358 g/mol. The van der Waals surface area contributed by atoms with Gasteiger partial charge in [-0.2, -0.15) is 23.1 Å². The second-order valence-corrected chi connectivity index (χ2v) is 7.19. The number of benzene rings is 2. The molecule has 0 spiro atoms. The zero-order valence-electron chi connectivity index (χ0n) is 13.5. The summed E-state index contributed by atoms with van der Waals surface area (Å²) < 4.78 is 5.38. The van der Waals surface area contributed by atoms with Crippen molar-refractivity contribution in [1.29, 1.82) is 0 Å². The summed E-state index contributed by atoms with van der Waals surface area (Å²) in [5, 5.41) is 9.14. The largest absolute Gasteiger partial charge is 0.496 e. The molecule has 5 heteroatoms. The number of thiophene rings is 1. The standard InChI is InChI=1S/C19H19NO2S2/c1-22-18-7-6-17(15-4-2-3-5-16(15)18)19(21)20-9-11-24-13-14-8-10-23-12-14/h2-8,10,12H,9,11,13H2,1H3,(H,20,21). The van der Waals surface area contributed by atoms with Crippen molar-refractivity contribution in [2.24, 2.45) is 0 Å². The molecule has 1 aromatic heterocycles. The highest BCUT2D eigenvalue weighted by atomic mass is 32.2. The number of ether oxygens (including phenoxy) is 1. The van der Waals surface area contributed by atoms with Crippen LogP contribution in [0.3, 0.4) is 0 Å². The van der Waals surface area contributed by atoms with Crippen LogP contribution in [-0.2, 0) is 5.75 Å². The van der Waals surface area contributed by atoms with Gasteiger partial charge in [-0.3, -0.25) is 4.79 Å². The van der Waals surface area contributed by atoms with E-state index >= 15 is 0 Å². The van der Waals surface area contributed by atoms with E-state index in [4.69, 9.17) is 4.74 Å². The molecular formula is C19H19NO2S2. The first-order chi connectivity index (χ1) is 11.8. The molecule has 0 bridgehead atoms. The SMILES string of the molecule is COc1ccc(C(=O)NCCSCc2ccsc2)c2ccccc12. The lowest BCUT2D eigenvalue weighted by molar-refractivity contribution is 0.0958. The summed E-state index contributed by atoms with van der Waals surface area (Å²) in [7, 11) is 1.65. The van der Waals surface area contributed by atoms with Gasteiger partial charge >= 0.3 is 0 Å². The quantitative estimate of drug-likeness (QED) is 0.629. The smallest absolute Gasteiger partial charge is 0.251 e. The number of fused-ring (bicyclic) bond motifs is 1. The van der Waals surface area contributed by atoms with E-state index in [0.29, 0.717) is 12.1 Å².